The molecule has 0 unspecified atom stereocenters. The molecule has 1 heterocycles. The van der Waals surface area contributed by atoms with Gasteiger partial charge in [0.2, 0.25) is 5.88 Å². The zero-order chi connectivity index (χ0) is 17.8. The van der Waals surface area contributed by atoms with Gasteiger partial charge in [-0.1, -0.05) is 0 Å². The molecule has 0 amide bonds. The SMILES string of the molecule is CS(=O)(=O)c1ccc(NCCOc2ncccc2C(F)(F)F)cc1. The Kier molecular flexibility index (Phi) is 5.33. The van der Waals surface area contributed by atoms with Gasteiger partial charge >= 0.3 is 6.18 Å². The summed E-state index contributed by atoms with van der Waals surface area (Å²) in [5.74, 6) is -0.473. The zero-order valence-electron chi connectivity index (χ0n) is 12.7. The molecule has 0 saturated heterocycles. The van der Waals surface area contributed by atoms with Crippen LogP contribution in [-0.4, -0.2) is 32.8 Å². The Balaban J connectivity index is 1.90. The van der Waals surface area contributed by atoms with E-state index in [2.05, 4.69) is 10.3 Å². The molecule has 0 bridgehead atoms. The van der Waals surface area contributed by atoms with E-state index in [0.29, 0.717) is 5.69 Å². The molecule has 0 saturated carbocycles. The van der Waals surface area contributed by atoms with Gasteiger partial charge in [0.15, 0.2) is 9.84 Å². The van der Waals surface area contributed by atoms with Crippen molar-refractivity contribution in [1.29, 1.82) is 0 Å². The maximum absolute atomic E-state index is 12.8. The highest BCUT2D eigenvalue weighted by Crippen LogP contribution is 2.34. The highest BCUT2D eigenvalue weighted by molar-refractivity contribution is 7.90. The summed E-state index contributed by atoms with van der Waals surface area (Å²) in [7, 11) is -3.27. The second-order valence-corrected chi connectivity index (χ2v) is 6.94. The molecule has 2 rings (SSSR count). The van der Waals surface area contributed by atoms with Crippen LogP contribution in [0.5, 0.6) is 5.88 Å². The van der Waals surface area contributed by atoms with Crippen LogP contribution in [-0.2, 0) is 16.0 Å². The molecule has 0 fully saturated rings. The predicted octanol–water partition coefficient (Wildman–Crippen LogP) is 2.99. The van der Waals surface area contributed by atoms with E-state index in [0.717, 1.165) is 12.3 Å². The number of hydrogen-bond acceptors (Lipinski definition) is 5. The fourth-order valence-corrected chi connectivity index (χ4v) is 2.52. The molecule has 130 valence electrons. The largest absolute Gasteiger partial charge is 0.475 e. The quantitative estimate of drug-likeness (QED) is 0.802. The minimum absolute atomic E-state index is 0.0338. The molecule has 0 aliphatic rings. The lowest BCUT2D eigenvalue weighted by molar-refractivity contribution is -0.139. The average molecular weight is 360 g/mol. The van der Waals surface area contributed by atoms with Crippen LogP contribution in [0.2, 0.25) is 0 Å². The molecular weight excluding hydrogens is 345 g/mol. The first-order valence-electron chi connectivity index (χ1n) is 6.87. The monoisotopic (exact) mass is 360 g/mol. The van der Waals surface area contributed by atoms with Crippen LogP contribution in [0.25, 0.3) is 0 Å². The van der Waals surface area contributed by atoms with Crippen molar-refractivity contribution in [3.63, 3.8) is 0 Å². The van der Waals surface area contributed by atoms with Crippen LogP contribution in [0.15, 0.2) is 47.5 Å². The van der Waals surface area contributed by atoms with E-state index >= 15 is 0 Å². The van der Waals surface area contributed by atoms with Crippen molar-refractivity contribution in [1.82, 2.24) is 4.98 Å². The number of hydrogen-bond donors (Lipinski definition) is 1. The number of aromatic nitrogens is 1. The fourth-order valence-electron chi connectivity index (χ4n) is 1.88. The first-order valence-corrected chi connectivity index (χ1v) is 8.76. The van der Waals surface area contributed by atoms with Gasteiger partial charge in [0.05, 0.1) is 4.90 Å². The maximum atomic E-state index is 12.8. The van der Waals surface area contributed by atoms with Gasteiger partial charge in [-0.15, -0.1) is 0 Å². The van der Waals surface area contributed by atoms with Gasteiger partial charge in [-0.05, 0) is 36.4 Å². The van der Waals surface area contributed by atoms with E-state index in [9.17, 15) is 21.6 Å². The second kappa shape index (κ2) is 7.08. The highest BCUT2D eigenvalue weighted by atomic mass is 32.2. The van der Waals surface area contributed by atoms with Gasteiger partial charge in [0, 0.05) is 24.7 Å². The third-order valence-corrected chi connectivity index (χ3v) is 4.16. The molecule has 1 aromatic carbocycles. The molecule has 2 aromatic rings. The molecule has 0 spiro atoms. The molecule has 0 atom stereocenters. The average Bonchev–Trinajstić information content (AvgIpc) is 2.50. The number of pyridine rings is 1. The van der Waals surface area contributed by atoms with Crippen LogP contribution in [0, 0.1) is 0 Å². The van der Waals surface area contributed by atoms with Gasteiger partial charge in [-0.3, -0.25) is 0 Å². The first-order chi connectivity index (χ1) is 11.2. The van der Waals surface area contributed by atoms with Crippen LogP contribution >= 0.6 is 0 Å². The lowest BCUT2D eigenvalue weighted by atomic mass is 10.2. The number of alkyl halides is 3. The summed E-state index contributed by atoms with van der Waals surface area (Å²) in [5, 5.41) is 2.92. The second-order valence-electron chi connectivity index (χ2n) is 4.93. The molecule has 5 nitrogen and oxygen atoms in total. The van der Waals surface area contributed by atoms with Gasteiger partial charge in [0.25, 0.3) is 0 Å². The number of sulfone groups is 1. The summed E-state index contributed by atoms with van der Waals surface area (Å²) in [4.78, 5) is 3.78. The number of ether oxygens (including phenoxy) is 1. The van der Waals surface area contributed by atoms with E-state index in [1.165, 1.54) is 24.4 Å². The minimum atomic E-state index is -4.53. The number of benzene rings is 1. The highest BCUT2D eigenvalue weighted by Gasteiger charge is 2.34. The van der Waals surface area contributed by atoms with Gasteiger partial charge < -0.3 is 10.1 Å². The van der Waals surface area contributed by atoms with Gasteiger partial charge in [-0.2, -0.15) is 13.2 Å². The lowest BCUT2D eigenvalue weighted by Gasteiger charge is -2.13. The molecule has 0 radical (unpaired) electrons. The topological polar surface area (TPSA) is 68.3 Å². The van der Waals surface area contributed by atoms with E-state index in [1.54, 1.807) is 12.1 Å². The predicted molar refractivity (Wildman–Crippen MR) is 82.8 cm³/mol. The van der Waals surface area contributed by atoms with E-state index < -0.39 is 27.5 Å². The lowest BCUT2D eigenvalue weighted by Crippen LogP contribution is -2.15. The van der Waals surface area contributed by atoms with Crippen molar-refractivity contribution >= 4 is 15.5 Å². The summed E-state index contributed by atoms with van der Waals surface area (Å²) in [6.45, 7) is 0.194. The third-order valence-electron chi connectivity index (χ3n) is 3.03. The van der Waals surface area contributed by atoms with Crippen molar-refractivity contribution < 1.29 is 26.3 Å². The molecule has 9 heteroatoms. The Morgan fingerprint density at radius 2 is 1.83 bits per heavy atom. The normalized spacial score (nSPS) is 12.0. The maximum Gasteiger partial charge on any atom is 0.421 e. The number of nitrogens with zero attached hydrogens (tertiary/aromatic N) is 1. The molecule has 1 aromatic heterocycles. The summed E-state index contributed by atoms with van der Waals surface area (Å²) in [6, 6.07) is 8.12. The Hall–Kier alpha value is -2.29. The summed E-state index contributed by atoms with van der Waals surface area (Å²) >= 11 is 0. The van der Waals surface area contributed by atoms with Crippen molar-refractivity contribution in [2.24, 2.45) is 0 Å². The van der Waals surface area contributed by atoms with Crippen LogP contribution in [0.4, 0.5) is 18.9 Å². The van der Waals surface area contributed by atoms with Crippen LogP contribution in [0.3, 0.4) is 0 Å². The fraction of sp³-hybridized carbons (Fsp3) is 0.267. The summed E-state index contributed by atoms with van der Waals surface area (Å²) < 4.78 is 66.1. The summed E-state index contributed by atoms with van der Waals surface area (Å²) in [6.07, 6.45) is -2.20. The van der Waals surface area contributed by atoms with Gasteiger partial charge in [0.1, 0.15) is 12.2 Å². The van der Waals surface area contributed by atoms with E-state index in [4.69, 9.17) is 4.74 Å². The van der Waals surface area contributed by atoms with Crippen molar-refractivity contribution in [3.8, 4) is 5.88 Å². The number of nitrogens with one attached hydrogen (secondary N) is 1. The summed E-state index contributed by atoms with van der Waals surface area (Å²) in [5.41, 5.74) is -0.300. The molecule has 0 aliphatic carbocycles. The van der Waals surface area contributed by atoms with Crippen LogP contribution < -0.4 is 10.1 Å². The van der Waals surface area contributed by atoms with Gasteiger partial charge in [-0.25, -0.2) is 13.4 Å². The number of halogens is 3. The van der Waals surface area contributed by atoms with Crippen LogP contribution in [0.1, 0.15) is 5.56 Å². The van der Waals surface area contributed by atoms with Crippen molar-refractivity contribution in [2.45, 2.75) is 11.1 Å². The van der Waals surface area contributed by atoms with E-state index in [-0.39, 0.29) is 18.0 Å². The van der Waals surface area contributed by atoms with Crippen molar-refractivity contribution in [2.75, 3.05) is 24.7 Å². The number of anilines is 1. The first kappa shape index (κ1) is 18.1. The Bertz CT molecular complexity index is 790. The molecule has 0 aliphatic heterocycles. The molecule has 1 N–H and O–H groups in total. The molecular formula is C15H15F3N2O3S. The Labute approximate surface area is 137 Å². The third kappa shape index (κ3) is 4.85. The smallest absolute Gasteiger partial charge is 0.421 e. The van der Waals surface area contributed by atoms with E-state index in [1.807, 2.05) is 0 Å². The van der Waals surface area contributed by atoms with Crippen molar-refractivity contribution in [3.05, 3.63) is 48.2 Å². The number of rotatable bonds is 6. The Morgan fingerprint density at radius 1 is 1.17 bits per heavy atom. The zero-order valence-corrected chi connectivity index (χ0v) is 13.5. The standard InChI is InChI=1S/C15H15F3N2O3S/c1-24(21,22)12-6-4-11(5-7-12)19-9-10-23-14-13(15(16,17)18)3-2-8-20-14/h2-8,19H,9-10H2,1H3. The minimum Gasteiger partial charge on any atom is -0.475 e. The Morgan fingerprint density at radius 3 is 2.42 bits per heavy atom. The molecule has 24 heavy (non-hydrogen) atoms.